The van der Waals surface area contributed by atoms with Gasteiger partial charge in [0.15, 0.2) is 18.9 Å². The van der Waals surface area contributed by atoms with Crippen molar-refractivity contribution in [3.8, 4) is 5.75 Å². The zero-order chi connectivity index (χ0) is 94.6. The maximum atomic E-state index is 14.2. The Hall–Kier alpha value is -9.77. The van der Waals surface area contributed by atoms with Crippen LogP contribution < -0.4 is 42.0 Å². The van der Waals surface area contributed by atoms with Gasteiger partial charge in [-0.3, -0.25) is 71.8 Å². The van der Waals surface area contributed by atoms with Gasteiger partial charge in [0.25, 0.3) is 0 Å². The number of carbonyl (C=O) groups excluding carboxylic acids is 14. The van der Waals surface area contributed by atoms with E-state index in [4.69, 9.17) is 71.1 Å². The average molecular weight is 1840 g/mol. The minimum absolute atomic E-state index is 0.106. The van der Waals surface area contributed by atoms with Gasteiger partial charge in [0.05, 0.1) is 82.5 Å². The molecule has 3 aliphatic heterocycles. The van der Waals surface area contributed by atoms with Gasteiger partial charge < -0.3 is 113 Å². The second-order valence-corrected chi connectivity index (χ2v) is 31.5. The molecule has 0 aliphatic carbocycles. The molecule has 3 fully saturated rings. The monoisotopic (exact) mass is 1840 g/mol. The Kier molecular flexibility index (Phi) is 48.7. The van der Waals surface area contributed by atoms with Gasteiger partial charge in [0, 0.05) is 152 Å². The summed E-state index contributed by atoms with van der Waals surface area (Å²) in [6, 6.07) is -2.21. The molecule has 15 atom stereocenters. The summed E-state index contributed by atoms with van der Waals surface area (Å²) in [7, 11) is 0. The second kappa shape index (κ2) is 57.3. The van der Waals surface area contributed by atoms with E-state index in [9.17, 15) is 89.1 Å². The summed E-state index contributed by atoms with van der Waals surface area (Å²) in [5.41, 5.74) is -1.06. The molecule has 4 heterocycles. The van der Waals surface area contributed by atoms with E-state index in [0.717, 1.165) is 0 Å². The number of nitrogens with one attached hydrogen (secondary N) is 7. The van der Waals surface area contributed by atoms with Gasteiger partial charge in [0.2, 0.25) is 76.2 Å². The first-order valence-corrected chi connectivity index (χ1v) is 42.7. The van der Waals surface area contributed by atoms with Crippen LogP contribution in [-0.4, -0.2) is 271 Å². The Balaban J connectivity index is 1.24. The summed E-state index contributed by atoms with van der Waals surface area (Å²) in [5, 5.41) is 28.1. The first kappa shape index (κ1) is 109. The van der Waals surface area contributed by atoms with Gasteiger partial charge in [0.1, 0.15) is 62.1 Å². The Bertz CT molecular complexity index is 3800. The number of carbonyl (C=O) groups is 14. The lowest BCUT2D eigenvalue weighted by atomic mass is 9.88. The van der Waals surface area contributed by atoms with Crippen molar-refractivity contribution in [3.05, 3.63) is 41.0 Å². The molecular weight excluding hydrogens is 1710 g/mol. The van der Waals surface area contributed by atoms with Crippen LogP contribution in [0, 0.1) is 52.3 Å². The molecule has 40 nitrogen and oxygen atoms in total. The van der Waals surface area contributed by atoms with Gasteiger partial charge in [-0.1, -0.05) is 38.8 Å². The lowest BCUT2D eigenvalue weighted by Crippen LogP contribution is -2.62. The summed E-state index contributed by atoms with van der Waals surface area (Å²) < 4.78 is 163. The van der Waals surface area contributed by atoms with E-state index in [-0.39, 0.29) is 179 Å². The molecule has 7 N–H and O–H groups in total. The average Bonchev–Trinajstić information content (AvgIpc) is 1.15. The first-order chi connectivity index (χ1) is 60.8. The Labute approximate surface area is 738 Å². The molecule has 128 heavy (non-hydrogen) atoms. The van der Waals surface area contributed by atoms with Crippen molar-refractivity contribution in [1.29, 1.82) is 0 Å². The van der Waals surface area contributed by atoms with Crippen LogP contribution in [0.4, 0.5) is 22.0 Å². The van der Waals surface area contributed by atoms with Crippen LogP contribution in [0.3, 0.4) is 0 Å². The van der Waals surface area contributed by atoms with E-state index in [1.807, 2.05) is 0 Å². The lowest BCUT2D eigenvalue weighted by Gasteiger charge is -2.44. The summed E-state index contributed by atoms with van der Waals surface area (Å²) >= 11 is 0. The number of unbranched alkanes of at least 4 members (excludes halogenated alkanes) is 7. The van der Waals surface area contributed by atoms with Gasteiger partial charge in [-0.15, -0.1) is 5.10 Å². The molecule has 1 aromatic heterocycles. The molecule has 0 saturated carbocycles. The fraction of sp³-hybridized carbons (Fsp3) is 0.735. The molecule has 3 saturated heterocycles. The molecule has 7 amide bonds. The van der Waals surface area contributed by atoms with Crippen LogP contribution in [0.5, 0.6) is 5.75 Å². The maximum absolute atomic E-state index is 14.2. The predicted octanol–water partition coefficient (Wildman–Crippen LogP) is 3.95. The first-order valence-electron chi connectivity index (χ1n) is 42.7. The molecule has 1 aromatic carbocycles. The number of nitrogens with zero attached hydrogens (tertiary/aromatic N) is 3. The number of amides is 7. The maximum Gasteiger partial charge on any atom is 0.311 e. The largest absolute Gasteiger partial charge is 0.463 e. The smallest absolute Gasteiger partial charge is 0.311 e. The molecule has 45 heteroatoms. The molecule has 2 aromatic rings. The van der Waals surface area contributed by atoms with Crippen LogP contribution in [0.2, 0.25) is 0 Å². The molecule has 6 unspecified atom stereocenters. The van der Waals surface area contributed by atoms with Crippen molar-refractivity contribution >= 4 is 83.1 Å². The minimum Gasteiger partial charge on any atom is -0.463 e. The number of esters is 7. The summed E-state index contributed by atoms with van der Waals surface area (Å²) in [4.78, 5) is 174. The molecule has 722 valence electrons. The highest BCUT2D eigenvalue weighted by Gasteiger charge is 2.50. The topological polar surface area (TPSA) is 502 Å². The molecule has 5 rings (SSSR count). The van der Waals surface area contributed by atoms with Gasteiger partial charge in [-0.05, 0) is 57.8 Å². The van der Waals surface area contributed by atoms with Crippen molar-refractivity contribution in [2.45, 2.75) is 273 Å². The van der Waals surface area contributed by atoms with Crippen LogP contribution >= 0.6 is 0 Å². The van der Waals surface area contributed by atoms with Crippen molar-refractivity contribution in [3.63, 3.8) is 0 Å². The lowest BCUT2D eigenvalue weighted by molar-refractivity contribution is -0.262. The number of ether oxygens (including phenoxy) is 16. The standard InChI is InChI=1S/C83H125F5N10O30/c1-47-73(93-50(4)99)80(125-60(40-119-53(7)102)76(47)122-56(10)105)116-32-20-14-13-17-29-89-64(109)26-35-113-44-83(43-98-39-59(96-97-98)38-92-63(108)24-23-25-67(112)128-79-71(87)69(85)68(84)70(86)72(79)88,45-114-36-27-65(110)90-30-18-15-21-33-117-81-74(94-51(5)100)48(2)77(123-57(11)106)61(126-81)41-120-54(8)103)46-115-37-28-66(111)91-31-19-16-22-34-118-82-75(95-52(6)101)49(3)78(124-58(12)107)62(127-82)42-121-55(9)104/h39,47-49,60-62,73-78,80-82H,13-38,40-46H2,1-12H3,(H,89,109)(H,90,110)(H,91,111)(H,92,108)(H,93,99)(H,94,100)(H,95,101)/t47-,48-,49-,60?,61?,62?,73?,74?,75?,76+,77+,78+,80-,81-,82-,83?/m1/s1. The van der Waals surface area contributed by atoms with Gasteiger partial charge >= 0.3 is 41.8 Å². The van der Waals surface area contributed by atoms with E-state index in [1.54, 1.807) is 20.8 Å². The van der Waals surface area contributed by atoms with Crippen molar-refractivity contribution in [2.24, 2.45) is 23.2 Å². The molecule has 0 bridgehead atoms. The number of rotatable bonds is 58. The van der Waals surface area contributed by atoms with Crippen molar-refractivity contribution in [2.75, 3.05) is 98.9 Å². The normalized spacial score (nSPS) is 22.4. The van der Waals surface area contributed by atoms with Gasteiger partial charge in [-0.2, -0.15) is 8.78 Å². The van der Waals surface area contributed by atoms with E-state index in [1.165, 1.54) is 73.2 Å². The molecule has 0 spiro atoms. The van der Waals surface area contributed by atoms with E-state index < -0.39 is 186 Å². The fourth-order valence-corrected chi connectivity index (χ4v) is 14.1. The number of benzene rings is 1. The Morgan fingerprint density at radius 3 is 1.06 bits per heavy atom. The molecule has 0 radical (unpaired) electrons. The fourth-order valence-electron chi connectivity index (χ4n) is 14.1. The number of hydrogen-bond donors (Lipinski definition) is 7. The summed E-state index contributed by atoms with van der Waals surface area (Å²) in [5.74, 6) is -23.0. The Morgan fingerprint density at radius 1 is 0.398 bits per heavy atom. The number of aromatic nitrogens is 3. The number of halogens is 5. The zero-order valence-electron chi connectivity index (χ0n) is 74.6. The van der Waals surface area contributed by atoms with E-state index >= 15 is 0 Å². The predicted molar refractivity (Wildman–Crippen MR) is 432 cm³/mol. The van der Waals surface area contributed by atoms with E-state index in [2.05, 4.69) is 52.3 Å². The summed E-state index contributed by atoms with van der Waals surface area (Å²) in [6.45, 7) is 15.8. The second-order valence-electron chi connectivity index (χ2n) is 31.5. The van der Waals surface area contributed by atoms with Crippen LogP contribution in [0.15, 0.2) is 6.20 Å². The zero-order valence-corrected chi connectivity index (χ0v) is 74.6. The summed E-state index contributed by atoms with van der Waals surface area (Å²) in [6.07, 6.45) is -2.98. The Morgan fingerprint density at radius 2 is 0.727 bits per heavy atom. The number of hydrogen-bond acceptors (Lipinski definition) is 32. The SMILES string of the molecule is CC(=O)NC1[C@H](OCCCCCCNC(=O)CCOCC(COCCC(=O)NCCCCCO[C@@H]2OC(COC(C)=O)[C@@H](OC(C)=O)[C@H](C)C2NC(C)=O)(COCCC(=O)NCCCCCO[C@@H]2OC(COC(C)=O)[C@@H](OC(C)=O)[C@H](C)C2NC(C)=O)Cn2cc(CNC(=O)CCCC(=O)Oc3c(F)c(F)c(F)c(F)c3F)nn2)OC(COC(C)=O)[C@@H](OC(C)=O)[C@@H]1C. The van der Waals surface area contributed by atoms with Crippen molar-refractivity contribution in [1.82, 2.24) is 52.2 Å². The van der Waals surface area contributed by atoms with E-state index in [0.29, 0.717) is 70.8 Å². The highest BCUT2D eigenvalue weighted by atomic mass is 19.2. The minimum atomic E-state index is -2.46. The van der Waals surface area contributed by atoms with Crippen molar-refractivity contribution < 1.29 is 165 Å². The highest BCUT2D eigenvalue weighted by molar-refractivity contribution is 5.79. The van der Waals surface area contributed by atoms with Crippen LogP contribution in [0.1, 0.15) is 192 Å². The third-order valence-corrected chi connectivity index (χ3v) is 20.4. The molecular formula is C83H125F5N10O30. The molecule has 3 aliphatic rings. The third-order valence-electron chi connectivity index (χ3n) is 20.4. The highest BCUT2D eigenvalue weighted by Crippen LogP contribution is 2.35. The quantitative estimate of drug-likeness (QED) is 0.00937. The van der Waals surface area contributed by atoms with Gasteiger partial charge in [-0.25, -0.2) is 13.2 Å². The van der Waals surface area contributed by atoms with Crippen LogP contribution in [0.25, 0.3) is 0 Å². The third kappa shape index (κ3) is 39.7. The van der Waals surface area contributed by atoms with Crippen LogP contribution in [-0.2, 0) is 151 Å².